The van der Waals surface area contributed by atoms with Crippen LogP contribution in [0.4, 0.5) is 4.39 Å². The fraction of sp³-hybridized carbons (Fsp3) is 0.133. The molecule has 0 aliphatic heterocycles. The first-order valence-electron chi connectivity index (χ1n) is 6.52. The molecule has 0 saturated carbocycles. The maximum absolute atomic E-state index is 13.0. The number of sulfonamides is 1. The van der Waals surface area contributed by atoms with E-state index in [9.17, 15) is 17.6 Å². The largest absolute Gasteiger partial charge is 0.460 e. The van der Waals surface area contributed by atoms with Crippen LogP contribution in [-0.2, 0) is 26.2 Å². The second-order valence-electron chi connectivity index (χ2n) is 4.57. The van der Waals surface area contributed by atoms with E-state index in [4.69, 9.17) is 4.74 Å². The van der Waals surface area contributed by atoms with E-state index in [0.29, 0.717) is 0 Å². The topological polar surface area (TPSA) is 72.5 Å². The van der Waals surface area contributed by atoms with Gasteiger partial charge in [0.05, 0.1) is 4.90 Å². The van der Waals surface area contributed by atoms with Gasteiger partial charge in [-0.2, -0.15) is 4.72 Å². The molecule has 0 aromatic heterocycles. The summed E-state index contributed by atoms with van der Waals surface area (Å²) in [6.45, 7) is -0.497. The van der Waals surface area contributed by atoms with Crippen LogP contribution >= 0.6 is 15.9 Å². The van der Waals surface area contributed by atoms with Gasteiger partial charge >= 0.3 is 5.97 Å². The molecular formula is C15H13BrFNO4S. The van der Waals surface area contributed by atoms with E-state index in [1.807, 2.05) is 0 Å². The van der Waals surface area contributed by atoms with Crippen molar-refractivity contribution in [3.05, 3.63) is 64.4 Å². The Morgan fingerprint density at radius 2 is 1.87 bits per heavy atom. The van der Waals surface area contributed by atoms with Crippen molar-refractivity contribution >= 4 is 31.9 Å². The molecule has 0 saturated heterocycles. The zero-order chi connectivity index (χ0) is 16.9. The van der Waals surface area contributed by atoms with Crippen molar-refractivity contribution in [1.82, 2.24) is 4.72 Å². The maximum atomic E-state index is 13.0. The Hall–Kier alpha value is -1.77. The molecule has 0 atom stereocenters. The molecule has 0 amide bonds. The Bertz CT molecular complexity index is 793. The SMILES string of the molecule is O=C(CNS(=O)(=O)c1cccc(F)c1)OCc1ccc(Br)cc1. The number of nitrogens with one attached hydrogen (secondary N) is 1. The van der Waals surface area contributed by atoms with Crippen LogP contribution in [0.3, 0.4) is 0 Å². The molecule has 122 valence electrons. The van der Waals surface area contributed by atoms with Crippen LogP contribution in [0, 0.1) is 5.82 Å². The average molecular weight is 402 g/mol. The van der Waals surface area contributed by atoms with E-state index in [0.717, 1.165) is 22.2 Å². The third-order valence-corrected chi connectivity index (χ3v) is 4.75. The lowest BCUT2D eigenvalue weighted by molar-refractivity contribution is -0.143. The van der Waals surface area contributed by atoms with Gasteiger partial charge in [-0.1, -0.05) is 34.1 Å². The van der Waals surface area contributed by atoms with E-state index >= 15 is 0 Å². The van der Waals surface area contributed by atoms with Crippen molar-refractivity contribution in [3.63, 3.8) is 0 Å². The van der Waals surface area contributed by atoms with Gasteiger partial charge in [0.1, 0.15) is 19.0 Å². The minimum Gasteiger partial charge on any atom is -0.460 e. The Morgan fingerprint density at radius 1 is 1.17 bits per heavy atom. The molecule has 2 rings (SSSR count). The van der Waals surface area contributed by atoms with Crippen LogP contribution in [0.1, 0.15) is 5.56 Å². The molecule has 2 aromatic rings. The summed E-state index contributed by atoms with van der Waals surface area (Å²) in [4.78, 5) is 11.3. The highest BCUT2D eigenvalue weighted by Gasteiger charge is 2.16. The van der Waals surface area contributed by atoms with E-state index < -0.39 is 28.4 Å². The summed E-state index contributed by atoms with van der Waals surface area (Å²) in [5.74, 6) is -1.40. The first kappa shape index (κ1) is 17.6. The molecule has 0 aliphatic rings. The summed E-state index contributed by atoms with van der Waals surface area (Å²) >= 11 is 3.29. The number of rotatable bonds is 6. The normalized spacial score (nSPS) is 11.2. The van der Waals surface area contributed by atoms with Crippen LogP contribution in [0.5, 0.6) is 0 Å². The first-order valence-corrected chi connectivity index (χ1v) is 8.80. The van der Waals surface area contributed by atoms with Gasteiger partial charge in [-0.3, -0.25) is 4.79 Å². The highest BCUT2D eigenvalue weighted by atomic mass is 79.9. The molecular weight excluding hydrogens is 389 g/mol. The number of carbonyl (C=O) groups excluding carboxylic acids is 1. The molecule has 0 radical (unpaired) electrons. The Kier molecular flexibility index (Phi) is 5.86. The van der Waals surface area contributed by atoms with Gasteiger partial charge in [0.25, 0.3) is 0 Å². The smallest absolute Gasteiger partial charge is 0.321 e. The highest BCUT2D eigenvalue weighted by Crippen LogP contribution is 2.12. The van der Waals surface area contributed by atoms with Crippen molar-refractivity contribution in [3.8, 4) is 0 Å². The van der Waals surface area contributed by atoms with Crippen LogP contribution < -0.4 is 4.72 Å². The van der Waals surface area contributed by atoms with Gasteiger partial charge in [0.2, 0.25) is 10.0 Å². The highest BCUT2D eigenvalue weighted by molar-refractivity contribution is 9.10. The van der Waals surface area contributed by atoms with Gasteiger partial charge in [-0.05, 0) is 35.9 Å². The van der Waals surface area contributed by atoms with E-state index in [2.05, 4.69) is 20.7 Å². The molecule has 5 nitrogen and oxygen atoms in total. The summed E-state index contributed by atoms with van der Waals surface area (Å²) in [7, 11) is -3.96. The van der Waals surface area contributed by atoms with Gasteiger partial charge in [-0.25, -0.2) is 12.8 Å². The number of halogens is 2. The third kappa shape index (κ3) is 5.42. The fourth-order valence-corrected chi connectivity index (χ4v) is 2.93. The molecule has 0 aliphatic carbocycles. The fourth-order valence-electron chi connectivity index (χ4n) is 1.67. The van der Waals surface area contributed by atoms with Crippen molar-refractivity contribution in [2.45, 2.75) is 11.5 Å². The Morgan fingerprint density at radius 3 is 2.52 bits per heavy atom. The minimum atomic E-state index is -3.96. The molecule has 0 fully saturated rings. The van der Waals surface area contributed by atoms with Gasteiger partial charge in [0, 0.05) is 4.47 Å². The number of esters is 1. The summed E-state index contributed by atoms with van der Waals surface area (Å²) in [5.41, 5.74) is 0.773. The average Bonchev–Trinajstić information content (AvgIpc) is 2.52. The maximum Gasteiger partial charge on any atom is 0.321 e. The van der Waals surface area contributed by atoms with Crippen molar-refractivity contribution in [2.24, 2.45) is 0 Å². The summed E-state index contributed by atoms with van der Waals surface area (Å²) in [6, 6.07) is 11.7. The first-order chi connectivity index (χ1) is 10.9. The molecule has 0 unspecified atom stereocenters. The molecule has 0 heterocycles. The van der Waals surface area contributed by atoms with Crippen LogP contribution in [0.15, 0.2) is 57.9 Å². The van der Waals surface area contributed by atoms with Crippen molar-refractivity contribution < 1.29 is 22.3 Å². The van der Waals surface area contributed by atoms with E-state index in [1.54, 1.807) is 24.3 Å². The monoisotopic (exact) mass is 401 g/mol. The van der Waals surface area contributed by atoms with Crippen LogP contribution in [-0.4, -0.2) is 20.9 Å². The second kappa shape index (κ2) is 7.67. The zero-order valence-electron chi connectivity index (χ0n) is 11.8. The van der Waals surface area contributed by atoms with E-state index in [1.165, 1.54) is 12.1 Å². The van der Waals surface area contributed by atoms with Crippen LogP contribution in [0.2, 0.25) is 0 Å². The number of hydrogen-bond acceptors (Lipinski definition) is 4. The predicted molar refractivity (Wildman–Crippen MR) is 85.5 cm³/mol. The van der Waals surface area contributed by atoms with Crippen LogP contribution in [0.25, 0.3) is 0 Å². The number of ether oxygens (including phenoxy) is 1. The van der Waals surface area contributed by atoms with Gasteiger partial charge < -0.3 is 4.74 Å². The Labute approximate surface area is 141 Å². The summed E-state index contributed by atoms with van der Waals surface area (Å²) in [5, 5.41) is 0. The Balaban J connectivity index is 1.87. The lowest BCUT2D eigenvalue weighted by Crippen LogP contribution is -2.30. The molecule has 2 aromatic carbocycles. The lowest BCUT2D eigenvalue weighted by atomic mass is 10.2. The van der Waals surface area contributed by atoms with Gasteiger partial charge in [0.15, 0.2) is 0 Å². The van der Waals surface area contributed by atoms with Gasteiger partial charge in [-0.15, -0.1) is 0 Å². The molecule has 1 N–H and O–H groups in total. The number of carbonyl (C=O) groups is 1. The number of benzene rings is 2. The number of hydrogen-bond donors (Lipinski definition) is 1. The third-order valence-electron chi connectivity index (χ3n) is 2.83. The summed E-state index contributed by atoms with van der Waals surface area (Å²) in [6.07, 6.45) is 0. The molecule has 0 spiro atoms. The summed E-state index contributed by atoms with van der Waals surface area (Å²) < 4.78 is 44.8. The van der Waals surface area contributed by atoms with E-state index in [-0.39, 0.29) is 11.5 Å². The quantitative estimate of drug-likeness (QED) is 0.755. The minimum absolute atomic E-state index is 0.0355. The lowest BCUT2D eigenvalue weighted by Gasteiger charge is -2.08. The standard InChI is InChI=1S/C15H13BrFNO4S/c16-12-6-4-11(5-7-12)10-22-15(19)9-18-23(20,21)14-3-1-2-13(17)8-14/h1-8,18H,9-10H2. The van der Waals surface area contributed by atoms with Crippen molar-refractivity contribution in [2.75, 3.05) is 6.54 Å². The predicted octanol–water partition coefficient (Wildman–Crippen LogP) is 2.61. The molecule has 23 heavy (non-hydrogen) atoms. The van der Waals surface area contributed by atoms with Crippen molar-refractivity contribution in [1.29, 1.82) is 0 Å². The second-order valence-corrected chi connectivity index (χ2v) is 7.25. The molecule has 8 heteroatoms. The molecule has 0 bridgehead atoms. The zero-order valence-corrected chi connectivity index (χ0v) is 14.2.